The van der Waals surface area contributed by atoms with Crippen LogP contribution in [0.1, 0.15) is 18.5 Å². The molecule has 1 unspecified atom stereocenters. The minimum atomic E-state index is 0.0801. The van der Waals surface area contributed by atoms with Crippen LogP contribution in [0.5, 0.6) is 5.75 Å². The maximum absolute atomic E-state index is 5.70. The van der Waals surface area contributed by atoms with E-state index < -0.39 is 0 Å². The van der Waals surface area contributed by atoms with Crippen LogP contribution >= 0.6 is 0 Å². The Morgan fingerprint density at radius 3 is 3.00 bits per heavy atom. The lowest BCUT2D eigenvalue weighted by Crippen LogP contribution is -2.28. The molecule has 3 N–H and O–H groups in total. The predicted octanol–water partition coefficient (Wildman–Crippen LogP) is 1.31. The van der Waals surface area contributed by atoms with Gasteiger partial charge >= 0.3 is 0 Å². The molecule has 0 heterocycles. The largest absolute Gasteiger partial charge is 0.494 e. The number of terminal acetylenes is 1. The molecule has 0 radical (unpaired) electrons. The second kappa shape index (κ2) is 6.89. The third kappa shape index (κ3) is 3.58. The number of hydrogen-bond acceptors (Lipinski definition) is 3. The molecule has 16 heavy (non-hydrogen) atoms. The zero-order valence-electron chi connectivity index (χ0n) is 9.57. The van der Waals surface area contributed by atoms with Crippen LogP contribution in [-0.4, -0.2) is 19.7 Å². The standard InChI is InChI=1S/C13H18N2O/c1-3-8-15-13(10-14)11-6-5-7-12(9-11)16-4-2/h1,5-7,9,13,15H,4,8,10,14H2,2H3. The molecule has 1 atom stereocenters. The quantitative estimate of drug-likeness (QED) is 0.708. The average Bonchev–Trinajstić information content (AvgIpc) is 2.31. The van der Waals surface area contributed by atoms with E-state index in [2.05, 4.69) is 11.2 Å². The van der Waals surface area contributed by atoms with Crippen LogP contribution in [0, 0.1) is 12.3 Å². The first-order valence-corrected chi connectivity index (χ1v) is 5.41. The topological polar surface area (TPSA) is 47.3 Å². The Labute approximate surface area is 97.0 Å². The van der Waals surface area contributed by atoms with Crippen molar-refractivity contribution in [3.05, 3.63) is 29.8 Å². The van der Waals surface area contributed by atoms with Gasteiger partial charge in [0.05, 0.1) is 13.2 Å². The molecule has 0 spiro atoms. The van der Waals surface area contributed by atoms with Crippen molar-refractivity contribution in [2.75, 3.05) is 19.7 Å². The average molecular weight is 218 g/mol. The second-order valence-electron chi connectivity index (χ2n) is 3.38. The summed E-state index contributed by atoms with van der Waals surface area (Å²) in [5, 5.41) is 3.19. The number of nitrogens with one attached hydrogen (secondary N) is 1. The lowest BCUT2D eigenvalue weighted by atomic mass is 10.1. The highest BCUT2D eigenvalue weighted by Crippen LogP contribution is 2.18. The number of ether oxygens (including phenoxy) is 1. The summed E-state index contributed by atoms with van der Waals surface area (Å²) in [5.74, 6) is 3.41. The van der Waals surface area contributed by atoms with Crippen molar-refractivity contribution >= 4 is 0 Å². The minimum Gasteiger partial charge on any atom is -0.494 e. The lowest BCUT2D eigenvalue weighted by molar-refractivity contribution is 0.339. The third-order valence-corrected chi connectivity index (χ3v) is 2.26. The van der Waals surface area contributed by atoms with E-state index in [4.69, 9.17) is 16.9 Å². The Hall–Kier alpha value is -1.50. The molecule has 0 bridgehead atoms. The first-order chi connectivity index (χ1) is 7.81. The van der Waals surface area contributed by atoms with Crippen LogP contribution < -0.4 is 15.8 Å². The first kappa shape index (κ1) is 12.6. The Morgan fingerprint density at radius 2 is 2.38 bits per heavy atom. The van der Waals surface area contributed by atoms with Crippen LogP contribution in [0.3, 0.4) is 0 Å². The van der Waals surface area contributed by atoms with Gasteiger partial charge in [0.2, 0.25) is 0 Å². The molecule has 0 aliphatic heterocycles. The molecule has 0 aliphatic rings. The fraction of sp³-hybridized carbons (Fsp3) is 0.385. The van der Waals surface area contributed by atoms with Gasteiger partial charge in [-0.3, -0.25) is 5.32 Å². The van der Waals surface area contributed by atoms with Crippen LogP contribution in [0.15, 0.2) is 24.3 Å². The molecule has 0 fully saturated rings. The monoisotopic (exact) mass is 218 g/mol. The molecule has 0 saturated heterocycles. The van der Waals surface area contributed by atoms with Crippen LogP contribution in [0.4, 0.5) is 0 Å². The SMILES string of the molecule is C#CCNC(CN)c1cccc(OCC)c1. The van der Waals surface area contributed by atoms with Gasteiger partial charge in [-0.1, -0.05) is 18.1 Å². The summed E-state index contributed by atoms with van der Waals surface area (Å²) in [5.41, 5.74) is 6.80. The van der Waals surface area contributed by atoms with Crippen molar-refractivity contribution in [1.82, 2.24) is 5.32 Å². The fourth-order valence-corrected chi connectivity index (χ4v) is 1.51. The molecule has 3 heteroatoms. The van der Waals surface area contributed by atoms with Gasteiger partial charge in [0, 0.05) is 12.6 Å². The summed E-state index contributed by atoms with van der Waals surface area (Å²) in [6.07, 6.45) is 5.21. The second-order valence-corrected chi connectivity index (χ2v) is 3.38. The first-order valence-electron chi connectivity index (χ1n) is 5.41. The molecule has 0 aromatic heterocycles. The maximum Gasteiger partial charge on any atom is 0.119 e. The van der Waals surface area contributed by atoms with Crippen LogP contribution in [-0.2, 0) is 0 Å². The highest BCUT2D eigenvalue weighted by molar-refractivity contribution is 5.30. The molecule has 0 aliphatic carbocycles. The van der Waals surface area contributed by atoms with Gasteiger partial charge in [-0.25, -0.2) is 0 Å². The minimum absolute atomic E-state index is 0.0801. The zero-order chi connectivity index (χ0) is 11.8. The molecule has 3 nitrogen and oxygen atoms in total. The van der Waals surface area contributed by atoms with Gasteiger partial charge in [0.15, 0.2) is 0 Å². The molecule has 1 rings (SSSR count). The fourth-order valence-electron chi connectivity index (χ4n) is 1.51. The Kier molecular flexibility index (Phi) is 5.41. The lowest BCUT2D eigenvalue weighted by Gasteiger charge is -2.16. The summed E-state index contributed by atoms with van der Waals surface area (Å²) >= 11 is 0. The molecule has 1 aromatic carbocycles. The number of benzene rings is 1. The third-order valence-electron chi connectivity index (χ3n) is 2.26. The van der Waals surface area contributed by atoms with Crippen LogP contribution in [0.25, 0.3) is 0 Å². The van der Waals surface area contributed by atoms with Gasteiger partial charge in [0.1, 0.15) is 5.75 Å². The van der Waals surface area contributed by atoms with E-state index in [0.717, 1.165) is 11.3 Å². The molecular formula is C13H18N2O. The van der Waals surface area contributed by atoms with Gasteiger partial charge < -0.3 is 10.5 Å². The van der Waals surface area contributed by atoms with E-state index in [1.54, 1.807) is 0 Å². The molecule has 0 saturated carbocycles. The smallest absolute Gasteiger partial charge is 0.119 e. The van der Waals surface area contributed by atoms with Crippen LogP contribution in [0.2, 0.25) is 0 Å². The van der Waals surface area contributed by atoms with Crippen molar-refractivity contribution < 1.29 is 4.74 Å². The molecule has 86 valence electrons. The van der Waals surface area contributed by atoms with Gasteiger partial charge in [-0.2, -0.15) is 0 Å². The van der Waals surface area contributed by atoms with Gasteiger partial charge in [-0.05, 0) is 24.6 Å². The van der Waals surface area contributed by atoms with E-state index in [9.17, 15) is 0 Å². The van der Waals surface area contributed by atoms with Gasteiger partial charge in [0.25, 0.3) is 0 Å². The van der Waals surface area contributed by atoms with E-state index in [-0.39, 0.29) is 6.04 Å². The van der Waals surface area contributed by atoms with E-state index in [1.165, 1.54) is 0 Å². The van der Waals surface area contributed by atoms with Gasteiger partial charge in [-0.15, -0.1) is 6.42 Å². The van der Waals surface area contributed by atoms with Crippen molar-refractivity contribution in [1.29, 1.82) is 0 Å². The van der Waals surface area contributed by atoms with Crippen molar-refractivity contribution in [2.24, 2.45) is 5.73 Å². The Bertz CT molecular complexity index is 357. The zero-order valence-corrected chi connectivity index (χ0v) is 9.57. The number of hydrogen-bond donors (Lipinski definition) is 2. The highest BCUT2D eigenvalue weighted by Gasteiger charge is 2.08. The molecular weight excluding hydrogens is 200 g/mol. The summed E-state index contributed by atoms with van der Waals surface area (Å²) in [4.78, 5) is 0. The normalized spacial score (nSPS) is 11.8. The maximum atomic E-state index is 5.70. The van der Waals surface area contributed by atoms with E-state index >= 15 is 0 Å². The summed E-state index contributed by atoms with van der Waals surface area (Å²) < 4.78 is 5.44. The Morgan fingerprint density at radius 1 is 1.56 bits per heavy atom. The number of nitrogens with two attached hydrogens (primary N) is 1. The van der Waals surface area contributed by atoms with Crippen molar-refractivity contribution in [2.45, 2.75) is 13.0 Å². The summed E-state index contributed by atoms with van der Waals surface area (Å²) in [6.45, 7) is 3.65. The van der Waals surface area contributed by atoms with E-state index in [0.29, 0.717) is 19.7 Å². The summed E-state index contributed by atoms with van der Waals surface area (Å²) in [7, 11) is 0. The summed E-state index contributed by atoms with van der Waals surface area (Å²) in [6, 6.07) is 7.98. The van der Waals surface area contributed by atoms with Crippen molar-refractivity contribution in [3.8, 4) is 18.1 Å². The predicted molar refractivity (Wildman–Crippen MR) is 66.2 cm³/mol. The number of rotatable bonds is 6. The molecule has 0 amide bonds. The Balaban J connectivity index is 2.75. The van der Waals surface area contributed by atoms with E-state index in [1.807, 2.05) is 31.2 Å². The highest BCUT2D eigenvalue weighted by atomic mass is 16.5. The van der Waals surface area contributed by atoms with Crippen molar-refractivity contribution in [3.63, 3.8) is 0 Å². The molecule has 1 aromatic rings.